The number of benzene rings is 1. The Balaban J connectivity index is 1.27. The van der Waals surface area contributed by atoms with E-state index in [1.54, 1.807) is 11.1 Å². The molecule has 0 bridgehead atoms. The van der Waals surface area contributed by atoms with Gasteiger partial charge in [0.05, 0.1) is 18.9 Å². The summed E-state index contributed by atoms with van der Waals surface area (Å²) in [5, 5.41) is 5.21. The van der Waals surface area contributed by atoms with E-state index in [-0.39, 0.29) is 11.9 Å². The summed E-state index contributed by atoms with van der Waals surface area (Å²) < 4.78 is 1.93. The van der Waals surface area contributed by atoms with Crippen LogP contribution in [0.3, 0.4) is 0 Å². The standard InChI is InChI=1S/C22H23ClN6O/c1-27-19-12-24-20(26-21(19)29-10-2-3-18(29)22(27)30)9-6-16-11-25-28(14-16)13-15-4-7-17(23)8-5-15/h4-5,7-8,11-12,14,18H,2-3,6,9-10,13H2,1H3/t18-/m0/s1. The zero-order valence-corrected chi connectivity index (χ0v) is 17.6. The zero-order valence-electron chi connectivity index (χ0n) is 16.8. The third kappa shape index (κ3) is 3.54. The molecule has 2 aromatic heterocycles. The van der Waals surface area contributed by atoms with Crippen molar-refractivity contribution in [3.05, 3.63) is 64.8 Å². The van der Waals surface area contributed by atoms with Crippen LogP contribution in [0.2, 0.25) is 5.02 Å². The van der Waals surface area contributed by atoms with Crippen molar-refractivity contribution in [2.75, 3.05) is 23.4 Å². The summed E-state index contributed by atoms with van der Waals surface area (Å²) >= 11 is 5.95. The van der Waals surface area contributed by atoms with E-state index < -0.39 is 0 Å². The Labute approximate surface area is 180 Å². The van der Waals surface area contributed by atoms with Crippen LogP contribution < -0.4 is 9.80 Å². The van der Waals surface area contributed by atoms with Crippen molar-refractivity contribution in [3.63, 3.8) is 0 Å². The number of carbonyl (C=O) groups is 1. The van der Waals surface area contributed by atoms with E-state index in [0.29, 0.717) is 6.54 Å². The lowest BCUT2D eigenvalue weighted by Gasteiger charge is -2.36. The molecular weight excluding hydrogens is 400 g/mol. The molecule has 0 radical (unpaired) electrons. The fourth-order valence-electron chi connectivity index (χ4n) is 4.24. The van der Waals surface area contributed by atoms with Gasteiger partial charge < -0.3 is 9.80 Å². The van der Waals surface area contributed by atoms with Crippen LogP contribution in [-0.2, 0) is 24.2 Å². The lowest BCUT2D eigenvalue weighted by molar-refractivity contribution is -0.119. The Bertz CT molecular complexity index is 1080. The summed E-state index contributed by atoms with van der Waals surface area (Å²) in [5.74, 6) is 1.83. The Kier molecular flexibility index (Phi) is 4.90. The van der Waals surface area contributed by atoms with Gasteiger partial charge >= 0.3 is 0 Å². The van der Waals surface area contributed by atoms with Gasteiger partial charge in [-0.3, -0.25) is 9.48 Å². The van der Waals surface area contributed by atoms with Crippen molar-refractivity contribution in [2.45, 2.75) is 38.3 Å². The van der Waals surface area contributed by atoms with Crippen LogP contribution >= 0.6 is 11.6 Å². The van der Waals surface area contributed by atoms with Crippen molar-refractivity contribution in [2.24, 2.45) is 0 Å². The van der Waals surface area contributed by atoms with E-state index in [2.05, 4.69) is 21.2 Å². The van der Waals surface area contributed by atoms with Crippen molar-refractivity contribution < 1.29 is 4.79 Å². The molecule has 8 heteroatoms. The Morgan fingerprint density at radius 3 is 2.80 bits per heavy atom. The molecule has 5 rings (SSSR count). The largest absolute Gasteiger partial charge is 0.343 e. The lowest BCUT2D eigenvalue weighted by atomic mass is 10.1. The number of halogens is 1. The summed E-state index contributed by atoms with van der Waals surface area (Å²) in [5.41, 5.74) is 3.11. The van der Waals surface area contributed by atoms with Gasteiger partial charge in [-0.25, -0.2) is 9.97 Å². The van der Waals surface area contributed by atoms with Crippen LogP contribution in [-0.4, -0.2) is 45.3 Å². The highest BCUT2D eigenvalue weighted by Crippen LogP contribution is 2.37. The number of aromatic nitrogens is 4. The number of aryl methyl sites for hydroxylation is 2. The number of nitrogens with zero attached hydrogens (tertiary/aromatic N) is 6. The molecule has 30 heavy (non-hydrogen) atoms. The second-order valence-electron chi connectivity index (χ2n) is 7.92. The fraction of sp³-hybridized carbons (Fsp3) is 0.364. The van der Waals surface area contributed by atoms with Gasteiger partial charge in [-0.15, -0.1) is 0 Å². The van der Waals surface area contributed by atoms with Crippen molar-refractivity contribution in [1.29, 1.82) is 0 Å². The van der Waals surface area contributed by atoms with Gasteiger partial charge in [0, 0.05) is 31.2 Å². The molecule has 0 unspecified atom stereocenters. The molecule has 3 aromatic rings. The number of likely N-dealkylation sites (N-methyl/N-ethyl adjacent to an activating group) is 1. The number of amides is 1. The summed E-state index contributed by atoms with van der Waals surface area (Å²) in [4.78, 5) is 25.7. The third-order valence-electron chi connectivity index (χ3n) is 5.88. The highest BCUT2D eigenvalue weighted by molar-refractivity contribution is 6.30. The van der Waals surface area contributed by atoms with Crippen molar-refractivity contribution in [3.8, 4) is 0 Å². The first-order chi connectivity index (χ1) is 14.6. The van der Waals surface area contributed by atoms with Crippen molar-refractivity contribution in [1.82, 2.24) is 19.7 Å². The molecule has 2 aliphatic heterocycles. The molecule has 0 aliphatic carbocycles. The number of anilines is 2. The molecular formula is C22H23ClN6O. The van der Waals surface area contributed by atoms with Gasteiger partial charge in [0.25, 0.3) is 0 Å². The Morgan fingerprint density at radius 1 is 1.13 bits per heavy atom. The Morgan fingerprint density at radius 2 is 1.97 bits per heavy atom. The molecule has 0 spiro atoms. The van der Waals surface area contributed by atoms with Crippen LogP contribution in [0.15, 0.2) is 42.9 Å². The zero-order chi connectivity index (χ0) is 20.7. The van der Waals surface area contributed by atoms with E-state index >= 15 is 0 Å². The molecule has 2 aliphatic rings. The van der Waals surface area contributed by atoms with Crippen LogP contribution in [0.4, 0.5) is 11.5 Å². The van der Waals surface area contributed by atoms with Crippen LogP contribution in [0.5, 0.6) is 0 Å². The van der Waals surface area contributed by atoms with Gasteiger partial charge in [0.1, 0.15) is 17.6 Å². The van der Waals surface area contributed by atoms with Crippen LogP contribution in [0.25, 0.3) is 0 Å². The average molecular weight is 423 g/mol. The average Bonchev–Trinajstić information content (AvgIpc) is 3.42. The summed E-state index contributed by atoms with van der Waals surface area (Å²) in [6, 6.07) is 7.74. The molecule has 0 saturated carbocycles. The molecule has 1 amide bonds. The summed E-state index contributed by atoms with van der Waals surface area (Å²) in [7, 11) is 1.81. The van der Waals surface area contributed by atoms with Crippen LogP contribution in [0, 0.1) is 0 Å². The molecule has 1 aromatic carbocycles. The number of hydrogen-bond acceptors (Lipinski definition) is 5. The predicted octanol–water partition coefficient (Wildman–Crippen LogP) is 3.11. The molecule has 1 saturated heterocycles. The number of hydrogen-bond donors (Lipinski definition) is 0. The molecule has 4 heterocycles. The minimum absolute atomic E-state index is 0.0728. The molecule has 0 N–H and O–H groups in total. The first-order valence-electron chi connectivity index (χ1n) is 10.2. The van der Waals surface area contributed by atoms with E-state index in [0.717, 1.165) is 65.7 Å². The van der Waals surface area contributed by atoms with Gasteiger partial charge in [-0.05, 0) is 42.5 Å². The maximum atomic E-state index is 12.5. The second-order valence-corrected chi connectivity index (χ2v) is 8.35. The molecule has 154 valence electrons. The van der Waals surface area contributed by atoms with E-state index in [4.69, 9.17) is 16.6 Å². The van der Waals surface area contributed by atoms with Gasteiger partial charge in [-0.1, -0.05) is 23.7 Å². The Hall–Kier alpha value is -2.93. The maximum absolute atomic E-state index is 12.5. The lowest BCUT2D eigenvalue weighted by Crippen LogP contribution is -2.49. The smallest absolute Gasteiger partial charge is 0.249 e. The minimum atomic E-state index is -0.0728. The first kappa shape index (κ1) is 19.1. The summed E-state index contributed by atoms with van der Waals surface area (Å²) in [6.07, 6.45) is 9.22. The topological polar surface area (TPSA) is 67.2 Å². The normalized spacial score (nSPS) is 17.9. The quantitative estimate of drug-likeness (QED) is 0.632. The predicted molar refractivity (Wildman–Crippen MR) is 116 cm³/mol. The maximum Gasteiger partial charge on any atom is 0.249 e. The molecule has 1 atom stereocenters. The van der Waals surface area contributed by atoms with E-state index in [1.807, 2.05) is 42.2 Å². The SMILES string of the molecule is CN1C(=O)[C@@H]2CCCN2c2nc(CCc3cnn(Cc4ccc(Cl)cc4)c3)ncc21. The van der Waals surface area contributed by atoms with Crippen LogP contribution in [0.1, 0.15) is 29.8 Å². The van der Waals surface area contributed by atoms with E-state index in [9.17, 15) is 4.79 Å². The van der Waals surface area contributed by atoms with E-state index in [1.165, 1.54) is 0 Å². The molecule has 7 nitrogen and oxygen atoms in total. The second kappa shape index (κ2) is 7.72. The monoisotopic (exact) mass is 422 g/mol. The third-order valence-corrected chi connectivity index (χ3v) is 6.14. The van der Waals surface area contributed by atoms with Gasteiger partial charge in [0.2, 0.25) is 5.91 Å². The van der Waals surface area contributed by atoms with Gasteiger partial charge in [-0.2, -0.15) is 5.10 Å². The van der Waals surface area contributed by atoms with Gasteiger partial charge in [0.15, 0.2) is 5.82 Å². The number of carbonyl (C=O) groups excluding carboxylic acids is 1. The molecule has 1 fully saturated rings. The highest BCUT2D eigenvalue weighted by Gasteiger charge is 2.40. The fourth-order valence-corrected chi connectivity index (χ4v) is 4.37. The first-order valence-corrected chi connectivity index (χ1v) is 10.6. The minimum Gasteiger partial charge on any atom is -0.343 e. The number of rotatable bonds is 5. The number of fused-ring (bicyclic) bond motifs is 3. The van der Waals surface area contributed by atoms with Crippen molar-refractivity contribution >= 4 is 29.0 Å². The summed E-state index contributed by atoms with van der Waals surface area (Å²) in [6.45, 7) is 1.59. The highest BCUT2D eigenvalue weighted by atomic mass is 35.5.